The largest absolute Gasteiger partial charge is 0.370 e. The van der Waals surface area contributed by atoms with Gasteiger partial charge >= 0.3 is 0 Å². The van der Waals surface area contributed by atoms with Crippen LogP contribution in [0.4, 0.5) is 0 Å². The summed E-state index contributed by atoms with van der Waals surface area (Å²) in [7, 11) is 0. The summed E-state index contributed by atoms with van der Waals surface area (Å²) in [6.45, 7) is 0. The molecule has 0 aromatic carbocycles. The number of nitrogens with one attached hydrogen (secondary N) is 1. The van der Waals surface area contributed by atoms with Gasteiger partial charge in [0, 0.05) is 6.04 Å². The predicted molar refractivity (Wildman–Crippen MR) is 81.7 cm³/mol. The van der Waals surface area contributed by atoms with Crippen LogP contribution in [-0.2, 0) is 0 Å². The molecule has 4 heteroatoms. The molecule has 17 heavy (non-hydrogen) atoms. The van der Waals surface area contributed by atoms with E-state index in [0.29, 0.717) is 18.0 Å². The number of rotatable bonds is 3. The van der Waals surface area contributed by atoms with Crippen LogP contribution < -0.4 is 11.1 Å². The first-order valence-corrected chi connectivity index (χ1v) is 6.93. The standard InChI is InChI=1S/C13H23N3.HI/c14-13(15-10-4-2-1-3-5-10)16-12-8-11(12)9-6-7-9;/h9-12H,1-8H2,(H3,14,15,16);1H/t11-,12+;/m0./s1. The molecule has 0 bridgehead atoms. The molecule has 0 unspecified atom stereocenters. The third kappa shape index (κ3) is 3.73. The lowest BCUT2D eigenvalue weighted by Crippen LogP contribution is -2.41. The second-order valence-electron chi connectivity index (χ2n) is 5.80. The molecule has 3 fully saturated rings. The summed E-state index contributed by atoms with van der Waals surface area (Å²) in [6.07, 6.45) is 10.8. The van der Waals surface area contributed by atoms with E-state index in [4.69, 9.17) is 5.73 Å². The average Bonchev–Trinajstić information content (AvgIpc) is 3.12. The fraction of sp³-hybridized carbons (Fsp3) is 0.923. The quantitative estimate of drug-likeness (QED) is 0.468. The molecule has 0 amide bonds. The molecule has 3 N–H and O–H groups in total. The van der Waals surface area contributed by atoms with Gasteiger partial charge in [0.05, 0.1) is 6.04 Å². The third-order valence-electron chi connectivity index (χ3n) is 4.29. The van der Waals surface area contributed by atoms with Gasteiger partial charge < -0.3 is 11.1 Å². The van der Waals surface area contributed by atoms with E-state index in [9.17, 15) is 0 Å². The van der Waals surface area contributed by atoms with E-state index in [2.05, 4.69) is 10.3 Å². The van der Waals surface area contributed by atoms with Gasteiger partial charge in [-0.15, -0.1) is 24.0 Å². The lowest BCUT2D eigenvalue weighted by molar-refractivity contribution is 0.412. The molecule has 98 valence electrons. The van der Waals surface area contributed by atoms with Crippen LogP contribution >= 0.6 is 24.0 Å². The Kier molecular flexibility index (Phi) is 4.55. The van der Waals surface area contributed by atoms with Crippen LogP contribution in [0.15, 0.2) is 4.99 Å². The van der Waals surface area contributed by atoms with Gasteiger partial charge in [-0.05, 0) is 43.9 Å². The molecular weight excluding hydrogens is 325 g/mol. The summed E-state index contributed by atoms with van der Waals surface area (Å²) in [5.41, 5.74) is 5.97. The van der Waals surface area contributed by atoms with Crippen molar-refractivity contribution in [2.24, 2.45) is 22.6 Å². The number of hydrogen-bond acceptors (Lipinski definition) is 1. The van der Waals surface area contributed by atoms with E-state index < -0.39 is 0 Å². The van der Waals surface area contributed by atoms with Crippen molar-refractivity contribution < 1.29 is 0 Å². The first-order valence-electron chi connectivity index (χ1n) is 6.93. The Hall–Kier alpha value is 0. The van der Waals surface area contributed by atoms with Crippen LogP contribution in [0.5, 0.6) is 0 Å². The number of nitrogens with two attached hydrogens (primary N) is 1. The van der Waals surface area contributed by atoms with Crippen molar-refractivity contribution in [1.82, 2.24) is 5.32 Å². The second kappa shape index (κ2) is 5.76. The van der Waals surface area contributed by atoms with Crippen molar-refractivity contribution in [1.29, 1.82) is 0 Å². The van der Waals surface area contributed by atoms with Gasteiger partial charge in [0.1, 0.15) is 0 Å². The van der Waals surface area contributed by atoms with Crippen LogP contribution in [0.2, 0.25) is 0 Å². The first kappa shape index (κ1) is 13.4. The first-order chi connectivity index (χ1) is 7.83. The van der Waals surface area contributed by atoms with Crippen LogP contribution in [0.25, 0.3) is 0 Å². The highest BCUT2D eigenvalue weighted by molar-refractivity contribution is 14.0. The maximum absolute atomic E-state index is 5.97. The smallest absolute Gasteiger partial charge is 0.189 e. The summed E-state index contributed by atoms with van der Waals surface area (Å²) < 4.78 is 0. The van der Waals surface area contributed by atoms with E-state index in [-0.39, 0.29) is 24.0 Å². The molecule has 0 spiro atoms. The van der Waals surface area contributed by atoms with Gasteiger partial charge in [-0.2, -0.15) is 0 Å². The molecule has 2 atom stereocenters. The summed E-state index contributed by atoms with van der Waals surface area (Å²) in [6, 6.07) is 1.15. The molecule has 0 heterocycles. The molecular formula is C13H24IN3. The Bertz CT molecular complexity index is 282. The molecule has 3 saturated carbocycles. The van der Waals surface area contributed by atoms with Gasteiger partial charge in [-0.25, -0.2) is 4.99 Å². The maximum Gasteiger partial charge on any atom is 0.189 e. The minimum atomic E-state index is 0. The molecule has 0 aromatic rings. The number of halogens is 1. The minimum absolute atomic E-state index is 0. The lowest BCUT2D eigenvalue weighted by atomic mass is 9.96. The third-order valence-corrected chi connectivity index (χ3v) is 4.29. The highest BCUT2D eigenvalue weighted by Crippen LogP contribution is 2.51. The van der Waals surface area contributed by atoms with Crippen LogP contribution in [0.3, 0.4) is 0 Å². The Morgan fingerprint density at radius 2 is 1.76 bits per heavy atom. The fourth-order valence-electron chi connectivity index (χ4n) is 3.05. The number of guanidine groups is 1. The van der Waals surface area contributed by atoms with Crippen molar-refractivity contribution in [3.8, 4) is 0 Å². The maximum atomic E-state index is 5.97. The normalized spacial score (nSPS) is 34.0. The van der Waals surface area contributed by atoms with Crippen LogP contribution in [0, 0.1) is 11.8 Å². The summed E-state index contributed by atoms with van der Waals surface area (Å²) in [4.78, 5) is 4.61. The Morgan fingerprint density at radius 3 is 2.41 bits per heavy atom. The zero-order valence-electron chi connectivity index (χ0n) is 10.4. The summed E-state index contributed by atoms with van der Waals surface area (Å²) >= 11 is 0. The Balaban J connectivity index is 0.00000108. The molecule has 3 aliphatic carbocycles. The zero-order chi connectivity index (χ0) is 11.0. The van der Waals surface area contributed by atoms with Gasteiger partial charge in [0.2, 0.25) is 0 Å². The zero-order valence-corrected chi connectivity index (χ0v) is 12.7. The van der Waals surface area contributed by atoms with Gasteiger partial charge in [0.15, 0.2) is 5.96 Å². The van der Waals surface area contributed by atoms with Crippen molar-refractivity contribution in [3.05, 3.63) is 0 Å². The van der Waals surface area contributed by atoms with E-state index >= 15 is 0 Å². The van der Waals surface area contributed by atoms with Gasteiger partial charge in [-0.1, -0.05) is 19.3 Å². The lowest BCUT2D eigenvalue weighted by Gasteiger charge is -2.23. The summed E-state index contributed by atoms with van der Waals surface area (Å²) in [5, 5.41) is 3.40. The molecule has 3 aliphatic rings. The van der Waals surface area contributed by atoms with E-state index in [1.807, 2.05) is 0 Å². The minimum Gasteiger partial charge on any atom is -0.370 e. The summed E-state index contributed by atoms with van der Waals surface area (Å²) in [5.74, 6) is 2.59. The van der Waals surface area contributed by atoms with Crippen LogP contribution in [0.1, 0.15) is 51.4 Å². The Labute approximate surface area is 121 Å². The topological polar surface area (TPSA) is 50.4 Å². The van der Waals surface area contributed by atoms with Crippen molar-refractivity contribution in [2.45, 2.75) is 63.5 Å². The van der Waals surface area contributed by atoms with Crippen molar-refractivity contribution in [3.63, 3.8) is 0 Å². The number of aliphatic imine (C=N–C) groups is 1. The van der Waals surface area contributed by atoms with Gasteiger partial charge in [-0.3, -0.25) is 0 Å². The monoisotopic (exact) mass is 349 g/mol. The van der Waals surface area contributed by atoms with E-state index in [1.165, 1.54) is 51.4 Å². The van der Waals surface area contributed by atoms with Crippen molar-refractivity contribution in [2.75, 3.05) is 0 Å². The number of nitrogens with zero attached hydrogens (tertiary/aromatic N) is 1. The molecule has 0 aliphatic heterocycles. The number of hydrogen-bond donors (Lipinski definition) is 2. The Morgan fingerprint density at radius 1 is 1.06 bits per heavy atom. The van der Waals surface area contributed by atoms with E-state index in [1.54, 1.807) is 0 Å². The van der Waals surface area contributed by atoms with Gasteiger partial charge in [0.25, 0.3) is 0 Å². The molecule has 3 rings (SSSR count). The predicted octanol–water partition coefficient (Wildman–Crippen LogP) is 2.64. The molecule has 0 radical (unpaired) electrons. The SMILES string of the molecule is I.NC(=N[C@@H]1C[C@H]1C1CC1)NC1CCCCC1. The molecule has 3 nitrogen and oxygen atoms in total. The fourth-order valence-corrected chi connectivity index (χ4v) is 3.05. The molecule has 0 saturated heterocycles. The second-order valence-corrected chi connectivity index (χ2v) is 5.80. The average molecular weight is 349 g/mol. The highest BCUT2D eigenvalue weighted by Gasteiger charge is 2.47. The molecule has 0 aromatic heterocycles. The highest BCUT2D eigenvalue weighted by atomic mass is 127. The van der Waals surface area contributed by atoms with Crippen LogP contribution in [-0.4, -0.2) is 18.0 Å². The van der Waals surface area contributed by atoms with Crippen molar-refractivity contribution >= 4 is 29.9 Å². The van der Waals surface area contributed by atoms with E-state index in [0.717, 1.165) is 11.8 Å².